The van der Waals surface area contributed by atoms with Crippen LogP contribution in [0.2, 0.25) is 10.0 Å². The first-order chi connectivity index (χ1) is 8.97. The lowest BCUT2D eigenvalue weighted by Crippen LogP contribution is -1.94. The number of nitrogens with zero attached hydrogens (tertiary/aromatic N) is 2. The predicted octanol–water partition coefficient (Wildman–Crippen LogP) is 5.01. The van der Waals surface area contributed by atoms with Crippen LogP contribution in [0.15, 0.2) is 31.9 Å². The number of rotatable bonds is 1. The molecule has 0 amide bonds. The first-order valence-electron chi connectivity index (χ1n) is 5.05. The van der Waals surface area contributed by atoms with E-state index in [-0.39, 0.29) is 0 Å². The monoisotopic (exact) mass is 423 g/mol. The second-order valence-corrected chi connectivity index (χ2v) is 6.20. The average molecular weight is 426 g/mol. The molecule has 0 bridgehead atoms. The summed E-state index contributed by atoms with van der Waals surface area (Å²) in [5.74, 6) is 0.945. The van der Waals surface area contributed by atoms with Crippen LogP contribution in [0, 0.1) is 0 Å². The van der Waals surface area contributed by atoms with Crippen LogP contribution in [0.5, 0.6) is 0 Å². The topological polar surface area (TPSA) is 56.5 Å². The number of furan rings is 1. The van der Waals surface area contributed by atoms with Crippen molar-refractivity contribution >= 4 is 66.5 Å². The van der Waals surface area contributed by atoms with Crippen molar-refractivity contribution in [3.8, 4) is 11.5 Å². The molecule has 3 rings (SSSR count). The summed E-state index contributed by atoms with van der Waals surface area (Å²) in [5.41, 5.74) is 7.10. The van der Waals surface area contributed by atoms with Gasteiger partial charge in [0.2, 0.25) is 0 Å². The van der Waals surface area contributed by atoms with Crippen molar-refractivity contribution in [3.63, 3.8) is 0 Å². The number of pyridine rings is 1. The standard InChI is InChI=1S/C11H5Br2Cl2N3O/c12-5-2-7(19-9(5)13)8-10(16)18-3-4(14)1-6(15)11(18)17-8/h1-3H,16H2. The van der Waals surface area contributed by atoms with Gasteiger partial charge < -0.3 is 10.2 Å². The molecule has 0 aromatic carbocycles. The highest BCUT2D eigenvalue weighted by molar-refractivity contribution is 9.13. The highest BCUT2D eigenvalue weighted by Crippen LogP contribution is 2.36. The van der Waals surface area contributed by atoms with Crippen molar-refractivity contribution in [3.05, 3.63) is 37.5 Å². The Kier molecular flexibility index (Phi) is 3.29. The molecule has 19 heavy (non-hydrogen) atoms. The Bertz CT molecular complexity index is 777. The fraction of sp³-hybridized carbons (Fsp3) is 0. The molecule has 2 N–H and O–H groups in total. The summed E-state index contributed by atoms with van der Waals surface area (Å²) in [7, 11) is 0. The first-order valence-corrected chi connectivity index (χ1v) is 7.39. The maximum atomic E-state index is 6.10. The van der Waals surface area contributed by atoms with Gasteiger partial charge in [-0.1, -0.05) is 23.2 Å². The number of nitrogens with two attached hydrogens (primary N) is 1. The molecule has 0 saturated carbocycles. The SMILES string of the molecule is Nc1c(-c2cc(Br)c(Br)o2)nc2c(Cl)cc(Cl)cn12. The molecule has 0 spiro atoms. The van der Waals surface area contributed by atoms with E-state index in [4.69, 9.17) is 33.4 Å². The Balaban J connectivity index is 2.31. The maximum Gasteiger partial charge on any atom is 0.184 e. The number of nitrogen functional groups attached to an aromatic ring is 1. The third-order valence-corrected chi connectivity index (χ3v) is 4.75. The first kappa shape index (κ1) is 13.3. The molecule has 98 valence electrons. The zero-order chi connectivity index (χ0) is 13.7. The molecule has 0 unspecified atom stereocenters. The van der Waals surface area contributed by atoms with E-state index in [1.165, 1.54) is 0 Å². The number of imidazole rings is 1. The van der Waals surface area contributed by atoms with Crippen molar-refractivity contribution in [1.82, 2.24) is 9.38 Å². The number of halogens is 4. The summed E-state index contributed by atoms with van der Waals surface area (Å²) < 4.78 is 8.50. The Hall–Kier alpha value is -0.690. The highest BCUT2D eigenvalue weighted by Gasteiger charge is 2.18. The summed E-state index contributed by atoms with van der Waals surface area (Å²) in [6.07, 6.45) is 1.65. The number of fused-ring (bicyclic) bond motifs is 1. The number of hydrogen-bond donors (Lipinski definition) is 1. The van der Waals surface area contributed by atoms with Gasteiger partial charge in [0.1, 0.15) is 11.5 Å². The smallest absolute Gasteiger partial charge is 0.184 e. The summed E-state index contributed by atoms with van der Waals surface area (Å²) in [6, 6.07) is 3.39. The van der Waals surface area contributed by atoms with Gasteiger partial charge in [-0.2, -0.15) is 0 Å². The van der Waals surface area contributed by atoms with Crippen molar-refractivity contribution in [2.24, 2.45) is 0 Å². The van der Waals surface area contributed by atoms with Crippen LogP contribution in [0.25, 0.3) is 17.1 Å². The van der Waals surface area contributed by atoms with Crippen molar-refractivity contribution < 1.29 is 4.42 Å². The van der Waals surface area contributed by atoms with Gasteiger partial charge in [-0.05, 0) is 37.9 Å². The predicted molar refractivity (Wildman–Crippen MR) is 82.7 cm³/mol. The van der Waals surface area contributed by atoms with Crippen molar-refractivity contribution in [2.75, 3.05) is 5.73 Å². The van der Waals surface area contributed by atoms with Crippen LogP contribution in [0.3, 0.4) is 0 Å². The van der Waals surface area contributed by atoms with Gasteiger partial charge in [0.25, 0.3) is 0 Å². The Morgan fingerprint density at radius 2 is 2.00 bits per heavy atom. The van der Waals surface area contributed by atoms with Crippen molar-refractivity contribution in [1.29, 1.82) is 0 Å². The molecular weight excluding hydrogens is 421 g/mol. The Morgan fingerprint density at radius 1 is 1.26 bits per heavy atom. The molecule has 0 atom stereocenters. The van der Waals surface area contributed by atoms with E-state index >= 15 is 0 Å². The molecule has 0 saturated heterocycles. The number of anilines is 1. The highest BCUT2D eigenvalue weighted by atomic mass is 79.9. The van der Waals surface area contributed by atoms with E-state index in [2.05, 4.69) is 36.8 Å². The lowest BCUT2D eigenvalue weighted by Gasteiger charge is -1.99. The third kappa shape index (κ3) is 2.16. The Labute approximate surface area is 134 Å². The third-order valence-electron chi connectivity index (χ3n) is 2.56. The van der Waals surface area contributed by atoms with Crippen LogP contribution in [-0.4, -0.2) is 9.38 Å². The Morgan fingerprint density at radius 3 is 2.63 bits per heavy atom. The summed E-state index contributed by atoms with van der Waals surface area (Å²) in [5, 5.41) is 0.907. The van der Waals surface area contributed by atoms with Crippen LogP contribution in [-0.2, 0) is 0 Å². The normalized spacial score (nSPS) is 11.4. The van der Waals surface area contributed by atoms with Gasteiger partial charge in [0.15, 0.2) is 16.1 Å². The zero-order valence-electron chi connectivity index (χ0n) is 9.12. The largest absolute Gasteiger partial charge is 0.446 e. The minimum absolute atomic E-state index is 0.410. The molecule has 0 fully saturated rings. The fourth-order valence-corrected chi connectivity index (χ4v) is 2.83. The van der Waals surface area contributed by atoms with E-state index in [9.17, 15) is 0 Å². The second kappa shape index (κ2) is 4.70. The fourth-order valence-electron chi connectivity index (χ4n) is 1.74. The summed E-state index contributed by atoms with van der Waals surface area (Å²) in [4.78, 5) is 4.39. The van der Waals surface area contributed by atoms with Gasteiger partial charge in [0.05, 0.1) is 14.5 Å². The lowest BCUT2D eigenvalue weighted by molar-refractivity contribution is 0.552. The summed E-state index contributed by atoms with van der Waals surface area (Å²) >= 11 is 18.7. The van der Waals surface area contributed by atoms with Crippen LogP contribution in [0.4, 0.5) is 5.82 Å². The van der Waals surface area contributed by atoms with Crippen LogP contribution in [0.1, 0.15) is 0 Å². The molecule has 0 aliphatic carbocycles. The molecule has 0 aliphatic heterocycles. The molecule has 3 aromatic rings. The lowest BCUT2D eigenvalue weighted by atomic mass is 10.3. The minimum Gasteiger partial charge on any atom is -0.446 e. The molecule has 8 heteroatoms. The van der Waals surface area contributed by atoms with Gasteiger partial charge in [-0.3, -0.25) is 4.40 Å². The van der Waals surface area contributed by atoms with Gasteiger partial charge in [-0.25, -0.2) is 4.98 Å². The van der Waals surface area contributed by atoms with Gasteiger partial charge in [0, 0.05) is 12.3 Å². The van der Waals surface area contributed by atoms with E-state index in [0.29, 0.717) is 37.6 Å². The molecule has 3 aromatic heterocycles. The van der Waals surface area contributed by atoms with E-state index in [1.807, 2.05) is 0 Å². The van der Waals surface area contributed by atoms with E-state index in [0.717, 1.165) is 4.47 Å². The van der Waals surface area contributed by atoms with Crippen LogP contribution < -0.4 is 5.73 Å². The van der Waals surface area contributed by atoms with Crippen LogP contribution >= 0.6 is 55.1 Å². The van der Waals surface area contributed by atoms with E-state index in [1.54, 1.807) is 22.7 Å². The maximum absolute atomic E-state index is 6.10. The zero-order valence-corrected chi connectivity index (χ0v) is 13.8. The average Bonchev–Trinajstić information content (AvgIpc) is 2.82. The summed E-state index contributed by atoms with van der Waals surface area (Å²) in [6.45, 7) is 0. The second-order valence-electron chi connectivity index (χ2n) is 3.78. The van der Waals surface area contributed by atoms with Gasteiger partial charge >= 0.3 is 0 Å². The number of aromatic nitrogens is 2. The number of hydrogen-bond acceptors (Lipinski definition) is 3. The quantitative estimate of drug-likeness (QED) is 0.596. The van der Waals surface area contributed by atoms with Gasteiger partial charge in [-0.15, -0.1) is 0 Å². The minimum atomic E-state index is 0.410. The van der Waals surface area contributed by atoms with Crippen molar-refractivity contribution in [2.45, 2.75) is 0 Å². The molecule has 4 nitrogen and oxygen atoms in total. The molecular formula is C11H5Br2Cl2N3O. The molecule has 3 heterocycles. The van der Waals surface area contributed by atoms with E-state index < -0.39 is 0 Å². The molecule has 0 radical (unpaired) electrons. The molecule has 0 aliphatic rings.